The summed E-state index contributed by atoms with van der Waals surface area (Å²) in [5.41, 5.74) is 0. The van der Waals surface area contributed by atoms with Crippen LogP contribution < -0.4 is 0 Å². The number of aliphatic carboxylic acids is 1. The molecule has 0 radical (unpaired) electrons. The minimum absolute atomic E-state index is 0.0833. The van der Waals surface area contributed by atoms with Gasteiger partial charge in [-0.15, -0.1) is 0 Å². The molecule has 0 rings (SSSR count). The van der Waals surface area contributed by atoms with Crippen LogP contribution in [0.1, 0.15) is 26.7 Å². The van der Waals surface area contributed by atoms with Gasteiger partial charge in [0, 0.05) is 0 Å². The zero-order valence-electron chi connectivity index (χ0n) is 5.92. The van der Waals surface area contributed by atoms with E-state index in [1.54, 1.807) is 0 Å². The van der Waals surface area contributed by atoms with E-state index in [2.05, 4.69) is 26.5 Å². The molecule has 0 bridgehead atoms. The van der Waals surface area contributed by atoms with Crippen molar-refractivity contribution in [3.8, 4) is 0 Å². The molecule has 0 amide bonds. The number of rotatable bonds is 2. The summed E-state index contributed by atoms with van der Waals surface area (Å²) in [4.78, 5) is 9.29. The Hall–Kier alpha value is -0.180. The van der Waals surface area contributed by atoms with Crippen molar-refractivity contribution >= 4 is 18.6 Å². The summed E-state index contributed by atoms with van der Waals surface area (Å²) in [5, 5.41) is 7.65. The van der Waals surface area contributed by atoms with Crippen molar-refractivity contribution in [2.45, 2.75) is 26.7 Å². The molecule has 0 aromatic rings. The largest absolute Gasteiger partial charge is 0.481 e. The number of carboxylic acid groups (broad SMARTS) is 1. The molecule has 0 aromatic carbocycles. The van der Waals surface area contributed by atoms with E-state index in [-0.39, 0.29) is 5.75 Å². The number of carboxylic acids is 1. The highest BCUT2D eigenvalue weighted by molar-refractivity contribution is 7.81. The second kappa shape index (κ2) is 10.7. The van der Waals surface area contributed by atoms with Crippen molar-refractivity contribution in [1.29, 1.82) is 0 Å². The molecule has 0 unspecified atom stereocenters. The smallest absolute Gasteiger partial charge is 0.313 e. The molecule has 0 heterocycles. The second-order valence-corrected chi connectivity index (χ2v) is 1.87. The van der Waals surface area contributed by atoms with Gasteiger partial charge in [0.05, 0.1) is 5.75 Å². The van der Waals surface area contributed by atoms with Gasteiger partial charge in [-0.3, -0.25) is 4.79 Å². The fourth-order valence-corrected chi connectivity index (χ4v) is 0. The van der Waals surface area contributed by atoms with Crippen LogP contribution in [0.5, 0.6) is 0 Å². The number of hydrogen-bond acceptors (Lipinski definition) is 2. The van der Waals surface area contributed by atoms with Gasteiger partial charge in [-0.25, -0.2) is 0 Å². The molecule has 0 aliphatic rings. The van der Waals surface area contributed by atoms with Crippen molar-refractivity contribution in [2.75, 3.05) is 5.75 Å². The van der Waals surface area contributed by atoms with Crippen LogP contribution in [-0.2, 0) is 4.79 Å². The lowest BCUT2D eigenvalue weighted by molar-refractivity contribution is -0.133. The Morgan fingerprint density at radius 3 is 1.67 bits per heavy atom. The van der Waals surface area contributed by atoms with E-state index in [1.165, 1.54) is 12.8 Å². The molecule has 0 atom stereocenters. The number of unbranched alkanes of at least 4 members (excludes halogenated alkanes) is 1. The van der Waals surface area contributed by atoms with Crippen molar-refractivity contribution < 1.29 is 9.90 Å². The van der Waals surface area contributed by atoms with Gasteiger partial charge in [0.15, 0.2) is 0 Å². The van der Waals surface area contributed by atoms with E-state index in [4.69, 9.17) is 5.11 Å². The van der Waals surface area contributed by atoms with Crippen LogP contribution in [0.25, 0.3) is 0 Å². The Labute approximate surface area is 61.7 Å². The first-order chi connectivity index (χ1) is 4.18. The monoisotopic (exact) mass is 150 g/mol. The predicted molar refractivity (Wildman–Crippen MR) is 42.1 cm³/mol. The molecule has 3 heteroatoms. The van der Waals surface area contributed by atoms with Crippen LogP contribution in [0.4, 0.5) is 0 Å². The molecule has 0 fully saturated rings. The Balaban J connectivity index is 0. The fraction of sp³-hybridized carbons (Fsp3) is 0.833. The third kappa shape index (κ3) is 33.3. The van der Waals surface area contributed by atoms with Crippen LogP contribution in [0.3, 0.4) is 0 Å². The van der Waals surface area contributed by atoms with Gasteiger partial charge in [0.2, 0.25) is 0 Å². The molecule has 9 heavy (non-hydrogen) atoms. The average molecular weight is 150 g/mol. The maximum Gasteiger partial charge on any atom is 0.313 e. The third-order valence-corrected chi connectivity index (χ3v) is 0.906. The lowest BCUT2D eigenvalue weighted by atomic mass is 10.4. The topological polar surface area (TPSA) is 37.3 Å². The van der Waals surface area contributed by atoms with Gasteiger partial charge < -0.3 is 5.11 Å². The Morgan fingerprint density at radius 1 is 1.44 bits per heavy atom. The Morgan fingerprint density at radius 2 is 1.67 bits per heavy atom. The highest BCUT2D eigenvalue weighted by atomic mass is 32.1. The minimum atomic E-state index is -0.881. The van der Waals surface area contributed by atoms with Gasteiger partial charge in [0.1, 0.15) is 0 Å². The fourth-order valence-electron chi connectivity index (χ4n) is 0. The molecular formula is C6H14O2S. The first-order valence-electron chi connectivity index (χ1n) is 3.01. The number of carbonyl (C=O) groups is 1. The molecule has 2 nitrogen and oxygen atoms in total. The van der Waals surface area contributed by atoms with E-state index in [1.807, 2.05) is 0 Å². The highest BCUT2D eigenvalue weighted by Gasteiger charge is 1.81. The number of thiol groups is 1. The van der Waals surface area contributed by atoms with Crippen LogP contribution in [0.2, 0.25) is 0 Å². The Kier molecular flexibility index (Phi) is 13.8. The molecule has 1 N–H and O–H groups in total. The standard InChI is InChI=1S/C4H10.C2H4O2S/c1-3-4-2;3-2(4)1-5/h3-4H2,1-2H3;5H,1H2,(H,3,4). The summed E-state index contributed by atoms with van der Waals surface area (Å²) in [6.07, 6.45) is 2.64. The summed E-state index contributed by atoms with van der Waals surface area (Å²) in [6, 6.07) is 0. The van der Waals surface area contributed by atoms with Crippen molar-refractivity contribution in [1.82, 2.24) is 0 Å². The first-order valence-corrected chi connectivity index (χ1v) is 3.64. The van der Waals surface area contributed by atoms with Crippen LogP contribution in [0, 0.1) is 0 Å². The van der Waals surface area contributed by atoms with E-state index in [9.17, 15) is 4.79 Å². The van der Waals surface area contributed by atoms with Gasteiger partial charge >= 0.3 is 5.97 Å². The highest BCUT2D eigenvalue weighted by Crippen LogP contribution is 1.76. The van der Waals surface area contributed by atoms with E-state index >= 15 is 0 Å². The van der Waals surface area contributed by atoms with E-state index in [0.29, 0.717) is 0 Å². The van der Waals surface area contributed by atoms with Crippen LogP contribution in [0.15, 0.2) is 0 Å². The molecule has 0 aromatic heterocycles. The molecule has 56 valence electrons. The summed E-state index contributed by atoms with van der Waals surface area (Å²) >= 11 is 3.42. The lowest BCUT2D eigenvalue weighted by Gasteiger charge is -1.71. The van der Waals surface area contributed by atoms with Crippen molar-refractivity contribution in [3.63, 3.8) is 0 Å². The lowest BCUT2D eigenvalue weighted by Crippen LogP contribution is -1.92. The molecular weight excluding hydrogens is 136 g/mol. The summed E-state index contributed by atoms with van der Waals surface area (Å²) in [7, 11) is 0. The quantitative estimate of drug-likeness (QED) is 0.589. The van der Waals surface area contributed by atoms with Gasteiger partial charge in [-0.05, 0) is 0 Å². The van der Waals surface area contributed by atoms with Crippen molar-refractivity contribution in [2.24, 2.45) is 0 Å². The summed E-state index contributed by atoms with van der Waals surface area (Å²) in [5.74, 6) is -0.965. The van der Waals surface area contributed by atoms with Crippen LogP contribution in [-0.4, -0.2) is 16.8 Å². The Bertz CT molecular complexity index is 62.1. The zero-order valence-corrected chi connectivity index (χ0v) is 6.82. The maximum atomic E-state index is 9.29. The molecule has 0 spiro atoms. The van der Waals surface area contributed by atoms with Crippen LogP contribution >= 0.6 is 12.6 Å². The van der Waals surface area contributed by atoms with Gasteiger partial charge in [-0.2, -0.15) is 12.6 Å². The third-order valence-electron chi connectivity index (χ3n) is 0.635. The maximum absolute atomic E-state index is 9.29. The molecule has 0 saturated heterocycles. The summed E-state index contributed by atoms with van der Waals surface area (Å²) in [6.45, 7) is 4.36. The molecule has 0 saturated carbocycles. The van der Waals surface area contributed by atoms with Crippen molar-refractivity contribution in [3.05, 3.63) is 0 Å². The molecule has 0 aliphatic carbocycles. The normalized spacial score (nSPS) is 7.44. The second-order valence-electron chi connectivity index (χ2n) is 1.55. The zero-order chi connectivity index (χ0) is 7.70. The minimum Gasteiger partial charge on any atom is -0.481 e. The van der Waals surface area contributed by atoms with E-state index < -0.39 is 5.97 Å². The predicted octanol–water partition coefficient (Wildman–Crippen LogP) is 1.81. The number of hydrogen-bond donors (Lipinski definition) is 2. The average Bonchev–Trinajstić information content (AvgIpc) is 1.89. The first kappa shape index (κ1) is 11.6. The molecule has 0 aliphatic heterocycles. The SMILES string of the molecule is CCCC.O=C(O)CS. The summed E-state index contributed by atoms with van der Waals surface area (Å²) < 4.78 is 0. The van der Waals surface area contributed by atoms with Gasteiger partial charge in [-0.1, -0.05) is 26.7 Å². The van der Waals surface area contributed by atoms with Gasteiger partial charge in [0.25, 0.3) is 0 Å². The van der Waals surface area contributed by atoms with E-state index in [0.717, 1.165) is 0 Å².